The average molecular weight is 247 g/mol. The highest BCUT2D eigenvalue weighted by molar-refractivity contribution is 5.45. The van der Waals surface area contributed by atoms with Gasteiger partial charge in [-0.2, -0.15) is 0 Å². The lowest BCUT2D eigenvalue weighted by Crippen LogP contribution is -2.29. The zero-order valence-corrected chi connectivity index (χ0v) is 11.8. The van der Waals surface area contributed by atoms with Crippen LogP contribution in [0.25, 0.3) is 0 Å². The molecule has 2 rings (SSSR count). The minimum atomic E-state index is 0.503. The maximum atomic E-state index is 4.42. The van der Waals surface area contributed by atoms with Gasteiger partial charge in [0.2, 0.25) is 0 Å². The van der Waals surface area contributed by atoms with Gasteiger partial charge in [0.05, 0.1) is 5.69 Å². The molecule has 1 heterocycles. The van der Waals surface area contributed by atoms with Crippen LogP contribution in [0.5, 0.6) is 0 Å². The average Bonchev–Trinajstić information content (AvgIpc) is 2.31. The van der Waals surface area contributed by atoms with E-state index in [1.807, 2.05) is 6.20 Å². The van der Waals surface area contributed by atoms with Gasteiger partial charge in [-0.05, 0) is 30.9 Å². The number of aromatic nitrogens is 1. The van der Waals surface area contributed by atoms with E-state index in [2.05, 4.69) is 48.2 Å². The van der Waals surface area contributed by atoms with Crippen molar-refractivity contribution in [3.8, 4) is 0 Å². The van der Waals surface area contributed by atoms with Crippen LogP contribution in [-0.4, -0.2) is 24.6 Å². The summed E-state index contributed by atoms with van der Waals surface area (Å²) in [5, 5.41) is 3.41. The molecule has 1 aromatic heterocycles. The second kappa shape index (κ2) is 6.19. The van der Waals surface area contributed by atoms with E-state index < -0.39 is 0 Å². The van der Waals surface area contributed by atoms with Crippen LogP contribution >= 0.6 is 0 Å². The summed E-state index contributed by atoms with van der Waals surface area (Å²) in [6, 6.07) is 4.81. The minimum Gasteiger partial charge on any atom is -0.374 e. The molecular weight excluding hydrogens is 222 g/mol. The Hall–Kier alpha value is -1.09. The van der Waals surface area contributed by atoms with Gasteiger partial charge in [0.1, 0.15) is 0 Å². The molecule has 18 heavy (non-hydrogen) atoms. The van der Waals surface area contributed by atoms with Crippen molar-refractivity contribution in [2.24, 2.45) is 5.92 Å². The van der Waals surface area contributed by atoms with Gasteiger partial charge in [-0.25, -0.2) is 0 Å². The summed E-state index contributed by atoms with van der Waals surface area (Å²) >= 11 is 0. The number of anilines is 1. The maximum Gasteiger partial charge on any atom is 0.0562 e. The summed E-state index contributed by atoms with van der Waals surface area (Å²) in [6.45, 7) is 6.35. The Bertz CT molecular complexity index is 372. The van der Waals surface area contributed by atoms with Crippen LogP contribution in [0.3, 0.4) is 0 Å². The highest BCUT2D eigenvalue weighted by Gasteiger charge is 2.19. The lowest BCUT2D eigenvalue weighted by atomic mass is 9.85. The van der Waals surface area contributed by atoms with Crippen LogP contribution in [0.4, 0.5) is 5.69 Å². The molecule has 1 aromatic rings. The smallest absolute Gasteiger partial charge is 0.0562 e. The number of rotatable bonds is 6. The first kappa shape index (κ1) is 13.3. The SMILES string of the molecule is CC(C)NCc1cc(N(C)CC2CCC2)ccn1. The van der Waals surface area contributed by atoms with Crippen LogP contribution in [0.15, 0.2) is 18.3 Å². The molecule has 3 heteroatoms. The van der Waals surface area contributed by atoms with Gasteiger partial charge in [-0.15, -0.1) is 0 Å². The van der Waals surface area contributed by atoms with Crippen molar-refractivity contribution in [2.75, 3.05) is 18.5 Å². The Kier molecular flexibility index (Phi) is 4.59. The monoisotopic (exact) mass is 247 g/mol. The number of hydrogen-bond acceptors (Lipinski definition) is 3. The summed E-state index contributed by atoms with van der Waals surface area (Å²) in [6.07, 6.45) is 6.14. The normalized spacial score (nSPS) is 15.8. The molecule has 1 saturated carbocycles. The zero-order valence-electron chi connectivity index (χ0n) is 11.8. The van der Waals surface area contributed by atoms with Gasteiger partial charge in [-0.3, -0.25) is 4.98 Å². The largest absolute Gasteiger partial charge is 0.374 e. The number of hydrogen-bond donors (Lipinski definition) is 1. The molecule has 0 aromatic carbocycles. The van der Waals surface area contributed by atoms with E-state index in [9.17, 15) is 0 Å². The first-order chi connectivity index (χ1) is 8.65. The molecule has 1 aliphatic rings. The molecule has 0 radical (unpaired) electrons. The van der Waals surface area contributed by atoms with E-state index >= 15 is 0 Å². The summed E-state index contributed by atoms with van der Waals surface area (Å²) in [5.41, 5.74) is 2.42. The number of pyridine rings is 1. The standard InChI is InChI=1S/C15H25N3/c1-12(2)17-10-14-9-15(7-8-16-14)18(3)11-13-5-4-6-13/h7-9,12-13,17H,4-6,10-11H2,1-3H3. The van der Waals surface area contributed by atoms with Crippen LogP contribution in [-0.2, 0) is 6.54 Å². The summed E-state index contributed by atoms with van der Waals surface area (Å²) in [5.74, 6) is 0.903. The first-order valence-electron chi connectivity index (χ1n) is 7.04. The Morgan fingerprint density at radius 1 is 1.44 bits per heavy atom. The molecule has 0 unspecified atom stereocenters. The second-order valence-corrected chi connectivity index (χ2v) is 5.72. The molecule has 1 fully saturated rings. The molecule has 1 N–H and O–H groups in total. The van der Waals surface area contributed by atoms with Crippen molar-refractivity contribution >= 4 is 5.69 Å². The van der Waals surface area contributed by atoms with E-state index in [4.69, 9.17) is 0 Å². The van der Waals surface area contributed by atoms with Gasteiger partial charge >= 0.3 is 0 Å². The van der Waals surface area contributed by atoms with Crippen LogP contribution in [0, 0.1) is 5.92 Å². The van der Waals surface area contributed by atoms with Crippen molar-refractivity contribution in [2.45, 2.75) is 45.7 Å². The molecule has 0 bridgehead atoms. The van der Waals surface area contributed by atoms with E-state index in [1.165, 1.54) is 31.5 Å². The van der Waals surface area contributed by atoms with Crippen molar-refractivity contribution < 1.29 is 0 Å². The molecule has 0 amide bonds. The van der Waals surface area contributed by atoms with E-state index in [-0.39, 0.29) is 0 Å². The van der Waals surface area contributed by atoms with Crippen molar-refractivity contribution in [3.63, 3.8) is 0 Å². The van der Waals surface area contributed by atoms with Gasteiger partial charge in [-0.1, -0.05) is 20.3 Å². The molecule has 3 nitrogen and oxygen atoms in total. The fourth-order valence-electron chi connectivity index (χ4n) is 2.28. The fraction of sp³-hybridized carbons (Fsp3) is 0.667. The summed E-state index contributed by atoms with van der Waals surface area (Å²) < 4.78 is 0. The van der Waals surface area contributed by atoms with Crippen LogP contribution in [0.2, 0.25) is 0 Å². The molecular formula is C15H25N3. The highest BCUT2D eigenvalue weighted by Crippen LogP contribution is 2.28. The predicted octanol–water partition coefficient (Wildman–Crippen LogP) is 2.82. The topological polar surface area (TPSA) is 28.2 Å². The minimum absolute atomic E-state index is 0.503. The van der Waals surface area contributed by atoms with E-state index in [0.29, 0.717) is 6.04 Å². The van der Waals surface area contributed by atoms with Crippen molar-refractivity contribution in [1.29, 1.82) is 0 Å². The highest BCUT2D eigenvalue weighted by atomic mass is 15.1. The van der Waals surface area contributed by atoms with Gasteiger partial charge < -0.3 is 10.2 Å². The van der Waals surface area contributed by atoms with Crippen LogP contribution in [0.1, 0.15) is 38.8 Å². The maximum absolute atomic E-state index is 4.42. The molecule has 0 spiro atoms. The summed E-state index contributed by atoms with van der Waals surface area (Å²) in [4.78, 5) is 6.78. The molecule has 0 atom stereocenters. The Morgan fingerprint density at radius 2 is 2.22 bits per heavy atom. The molecule has 0 saturated heterocycles. The third-order valence-electron chi connectivity index (χ3n) is 3.69. The lowest BCUT2D eigenvalue weighted by molar-refractivity contribution is 0.321. The van der Waals surface area contributed by atoms with Gasteiger partial charge in [0.15, 0.2) is 0 Å². The quantitative estimate of drug-likeness (QED) is 0.838. The predicted molar refractivity (Wildman–Crippen MR) is 76.8 cm³/mol. The second-order valence-electron chi connectivity index (χ2n) is 5.72. The van der Waals surface area contributed by atoms with E-state index in [1.54, 1.807) is 0 Å². The number of nitrogens with one attached hydrogen (secondary N) is 1. The van der Waals surface area contributed by atoms with Crippen molar-refractivity contribution in [1.82, 2.24) is 10.3 Å². The zero-order chi connectivity index (χ0) is 13.0. The Labute approximate surface area is 111 Å². The molecule has 0 aliphatic heterocycles. The third kappa shape index (κ3) is 3.70. The fourth-order valence-corrected chi connectivity index (χ4v) is 2.28. The first-order valence-corrected chi connectivity index (χ1v) is 7.04. The van der Waals surface area contributed by atoms with Gasteiger partial charge in [0.25, 0.3) is 0 Å². The third-order valence-corrected chi connectivity index (χ3v) is 3.69. The lowest BCUT2D eigenvalue weighted by Gasteiger charge is -2.31. The Morgan fingerprint density at radius 3 is 2.83 bits per heavy atom. The summed E-state index contributed by atoms with van der Waals surface area (Å²) in [7, 11) is 2.19. The van der Waals surface area contributed by atoms with Gasteiger partial charge in [0, 0.05) is 38.1 Å². The van der Waals surface area contributed by atoms with Crippen molar-refractivity contribution in [3.05, 3.63) is 24.0 Å². The Balaban J connectivity index is 1.92. The van der Waals surface area contributed by atoms with Crippen LogP contribution < -0.4 is 10.2 Å². The molecule has 1 aliphatic carbocycles. The molecule has 100 valence electrons. The number of nitrogens with zero attached hydrogens (tertiary/aromatic N) is 2. The van der Waals surface area contributed by atoms with E-state index in [0.717, 1.165) is 18.2 Å².